The number of hydrogen-bond donors (Lipinski definition) is 1. The normalized spacial score (nSPS) is 34.0. The Morgan fingerprint density at radius 2 is 2.19 bits per heavy atom. The van der Waals surface area contributed by atoms with E-state index in [4.69, 9.17) is 9.47 Å². The molecule has 116 valence electrons. The first kappa shape index (κ1) is 14.2. The van der Waals surface area contributed by atoms with Crippen molar-refractivity contribution in [3.05, 3.63) is 21.4 Å². The van der Waals surface area contributed by atoms with E-state index in [0.717, 1.165) is 32.5 Å². The topological polar surface area (TPSA) is 38.7 Å². The van der Waals surface area contributed by atoms with Crippen LogP contribution in [0.25, 0.3) is 0 Å². The number of thiophene rings is 1. The summed E-state index contributed by atoms with van der Waals surface area (Å²) in [6.07, 6.45) is 7.58. The van der Waals surface area contributed by atoms with Crippen LogP contribution in [0.5, 0.6) is 0 Å². The molecule has 3 aliphatic rings. The molecule has 2 fully saturated rings. The molecule has 3 atom stereocenters. The van der Waals surface area contributed by atoms with Crippen molar-refractivity contribution in [3.8, 4) is 0 Å². The second-order valence-corrected chi connectivity index (χ2v) is 8.00. The van der Waals surface area contributed by atoms with E-state index in [2.05, 4.69) is 6.07 Å². The highest BCUT2D eigenvalue weighted by molar-refractivity contribution is 7.12. The van der Waals surface area contributed by atoms with Gasteiger partial charge < -0.3 is 14.6 Å². The maximum atomic E-state index is 10.9. The van der Waals surface area contributed by atoms with E-state index in [1.54, 1.807) is 0 Å². The van der Waals surface area contributed by atoms with Gasteiger partial charge in [-0.25, -0.2) is 0 Å². The molecule has 1 N–H and O–H groups in total. The van der Waals surface area contributed by atoms with E-state index < -0.39 is 0 Å². The van der Waals surface area contributed by atoms with E-state index in [1.165, 1.54) is 41.0 Å². The second-order valence-electron chi connectivity index (χ2n) is 6.84. The van der Waals surface area contributed by atoms with Crippen LogP contribution in [0.2, 0.25) is 0 Å². The van der Waals surface area contributed by atoms with Crippen molar-refractivity contribution in [3.63, 3.8) is 0 Å². The molecule has 0 radical (unpaired) electrons. The fourth-order valence-corrected chi connectivity index (χ4v) is 5.43. The number of fused-ring (bicyclic) bond motifs is 1. The fraction of sp³-hybridized carbons (Fsp3) is 0.765. The van der Waals surface area contributed by atoms with E-state index in [1.807, 2.05) is 11.3 Å². The average Bonchev–Trinajstić information content (AvgIpc) is 3.13. The van der Waals surface area contributed by atoms with E-state index >= 15 is 0 Å². The Labute approximate surface area is 130 Å². The molecule has 1 aromatic rings. The summed E-state index contributed by atoms with van der Waals surface area (Å²) >= 11 is 1.85. The lowest BCUT2D eigenvalue weighted by Crippen LogP contribution is -2.41. The molecule has 3 nitrogen and oxygen atoms in total. The minimum Gasteiger partial charge on any atom is -0.387 e. The van der Waals surface area contributed by atoms with Crippen molar-refractivity contribution in [2.75, 3.05) is 19.8 Å². The summed E-state index contributed by atoms with van der Waals surface area (Å²) in [5.41, 5.74) is 1.38. The minimum atomic E-state index is -0.318. The van der Waals surface area contributed by atoms with Crippen molar-refractivity contribution < 1.29 is 14.6 Å². The lowest BCUT2D eigenvalue weighted by molar-refractivity contribution is -0.116. The second kappa shape index (κ2) is 5.65. The number of hydrogen-bond acceptors (Lipinski definition) is 4. The number of aryl methyl sites for hydroxylation is 2. The van der Waals surface area contributed by atoms with Gasteiger partial charge in [0.2, 0.25) is 0 Å². The Balaban J connectivity index is 1.51. The Kier molecular flexibility index (Phi) is 3.82. The zero-order valence-corrected chi connectivity index (χ0v) is 13.3. The summed E-state index contributed by atoms with van der Waals surface area (Å²) < 4.78 is 11.5. The van der Waals surface area contributed by atoms with Crippen LogP contribution < -0.4 is 0 Å². The van der Waals surface area contributed by atoms with Crippen LogP contribution in [0.15, 0.2) is 6.07 Å². The summed E-state index contributed by atoms with van der Waals surface area (Å²) in [6, 6.07) is 2.27. The first-order valence-electron chi connectivity index (χ1n) is 8.27. The molecule has 1 spiro atoms. The zero-order valence-electron chi connectivity index (χ0n) is 12.5. The monoisotopic (exact) mass is 308 g/mol. The first-order chi connectivity index (χ1) is 10.3. The Bertz CT molecular complexity index is 481. The summed E-state index contributed by atoms with van der Waals surface area (Å²) in [5, 5.41) is 10.9. The van der Waals surface area contributed by atoms with Gasteiger partial charge in [0.05, 0.1) is 18.3 Å². The molecule has 0 saturated carbocycles. The molecular weight excluding hydrogens is 284 g/mol. The zero-order chi connectivity index (χ0) is 14.3. The Hall–Kier alpha value is -0.420. The molecule has 2 saturated heterocycles. The molecular formula is C17H24O3S. The molecule has 1 aromatic heterocycles. The van der Waals surface area contributed by atoms with Crippen LogP contribution >= 0.6 is 11.3 Å². The summed E-state index contributed by atoms with van der Waals surface area (Å²) in [6.45, 7) is 2.27. The van der Waals surface area contributed by atoms with Gasteiger partial charge in [-0.2, -0.15) is 0 Å². The van der Waals surface area contributed by atoms with Crippen molar-refractivity contribution in [1.29, 1.82) is 0 Å². The minimum absolute atomic E-state index is 0.110. The highest BCUT2D eigenvalue weighted by atomic mass is 32.1. The highest BCUT2D eigenvalue weighted by Crippen LogP contribution is 2.43. The SMILES string of the molecule is OC(c1cc2c(s1)CCCC2)C1CCOC2(CCOC2)C1. The van der Waals surface area contributed by atoms with Gasteiger partial charge in [0, 0.05) is 29.4 Å². The van der Waals surface area contributed by atoms with Gasteiger partial charge in [0.25, 0.3) is 0 Å². The number of aliphatic hydroxyl groups is 1. The molecule has 3 unspecified atom stereocenters. The summed E-state index contributed by atoms with van der Waals surface area (Å²) in [7, 11) is 0. The lowest BCUT2D eigenvalue weighted by atomic mass is 9.81. The number of rotatable bonds is 2. The average molecular weight is 308 g/mol. The van der Waals surface area contributed by atoms with Crippen LogP contribution in [0.4, 0.5) is 0 Å². The molecule has 4 rings (SSSR count). The van der Waals surface area contributed by atoms with Gasteiger partial charge in [-0.3, -0.25) is 0 Å². The van der Waals surface area contributed by atoms with Crippen molar-refractivity contribution in [1.82, 2.24) is 0 Å². The van der Waals surface area contributed by atoms with Gasteiger partial charge in [-0.1, -0.05) is 0 Å². The van der Waals surface area contributed by atoms with Gasteiger partial charge in [0.15, 0.2) is 0 Å². The molecule has 0 aromatic carbocycles. The molecule has 21 heavy (non-hydrogen) atoms. The van der Waals surface area contributed by atoms with Crippen molar-refractivity contribution >= 4 is 11.3 Å². The third-order valence-corrected chi connectivity index (χ3v) is 6.66. The van der Waals surface area contributed by atoms with Crippen LogP contribution in [-0.4, -0.2) is 30.5 Å². The number of ether oxygens (including phenoxy) is 2. The molecule has 0 amide bonds. The maximum Gasteiger partial charge on any atom is 0.0940 e. The van der Waals surface area contributed by atoms with Crippen LogP contribution in [0.3, 0.4) is 0 Å². The van der Waals surface area contributed by atoms with Crippen LogP contribution in [-0.2, 0) is 22.3 Å². The largest absolute Gasteiger partial charge is 0.387 e. The fourth-order valence-electron chi connectivity index (χ4n) is 4.09. The molecule has 2 aliphatic heterocycles. The first-order valence-corrected chi connectivity index (χ1v) is 9.09. The molecule has 4 heteroatoms. The van der Waals surface area contributed by atoms with E-state index in [9.17, 15) is 5.11 Å². The van der Waals surface area contributed by atoms with Crippen LogP contribution in [0, 0.1) is 5.92 Å². The smallest absolute Gasteiger partial charge is 0.0940 e. The standard InChI is InChI=1S/C17H24O3S/c18-16(15-9-12-3-1-2-4-14(12)21-15)13-5-7-20-17(10-13)6-8-19-11-17/h9,13,16,18H,1-8,10-11H2. The predicted molar refractivity (Wildman–Crippen MR) is 82.8 cm³/mol. The van der Waals surface area contributed by atoms with Gasteiger partial charge >= 0.3 is 0 Å². The van der Waals surface area contributed by atoms with Crippen LogP contribution in [0.1, 0.15) is 53.5 Å². The summed E-state index contributed by atoms with van der Waals surface area (Å²) in [5.74, 6) is 0.320. The molecule has 3 heterocycles. The van der Waals surface area contributed by atoms with Gasteiger partial charge in [0.1, 0.15) is 0 Å². The Morgan fingerprint density at radius 3 is 3.00 bits per heavy atom. The van der Waals surface area contributed by atoms with Crippen molar-refractivity contribution in [2.24, 2.45) is 5.92 Å². The molecule has 0 bridgehead atoms. The maximum absolute atomic E-state index is 10.9. The highest BCUT2D eigenvalue weighted by Gasteiger charge is 2.43. The molecule has 1 aliphatic carbocycles. The summed E-state index contributed by atoms with van der Waals surface area (Å²) in [4.78, 5) is 2.70. The van der Waals surface area contributed by atoms with E-state index in [-0.39, 0.29) is 11.7 Å². The third kappa shape index (κ3) is 2.67. The third-order valence-electron chi connectivity index (χ3n) is 5.35. The number of aliphatic hydroxyl groups excluding tert-OH is 1. The van der Waals surface area contributed by atoms with Gasteiger partial charge in [-0.05, 0) is 56.1 Å². The van der Waals surface area contributed by atoms with E-state index in [0.29, 0.717) is 12.5 Å². The van der Waals surface area contributed by atoms with Crippen molar-refractivity contribution in [2.45, 2.75) is 56.7 Å². The quantitative estimate of drug-likeness (QED) is 0.911. The lowest BCUT2D eigenvalue weighted by Gasteiger charge is -2.38. The predicted octanol–water partition coefficient (Wildman–Crippen LogP) is 3.25. The van der Waals surface area contributed by atoms with Gasteiger partial charge in [-0.15, -0.1) is 11.3 Å². The Morgan fingerprint density at radius 1 is 1.29 bits per heavy atom.